The molecule has 8 nitrogen and oxygen atoms in total. The number of hydrazine groups is 1. The third-order valence-corrected chi connectivity index (χ3v) is 3.88. The van der Waals surface area contributed by atoms with E-state index in [2.05, 4.69) is 4.74 Å². The third kappa shape index (κ3) is 2.26. The van der Waals surface area contributed by atoms with Gasteiger partial charge >= 0.3 is 12.2 Å². The summed E-state index contributed by atoms with van der Waals surface area (Å²) in [7, 11) is 3.83. The lowest BCUT2D eigenvalue weighted by atomic mass is 9.81. The van der Waals surface area contributed by atoms with Crippen molar-refractivity contribution in [3.63, 3.8) is 0 Å². The van der Waals surface area contributed by atoms with Gasteiger partial charge in [-0.05, 0) is 24.1 Å². The zero-order valence-corrected chi connectivity index (χ0v) is 13.4. The maximum Gasteiger partial charge on any atom is 0.436 e. The summed E-state index contributed by atoms with van der Waals surface area (Å²) in [6.45, 7) is 1.74. The Hall–Kier alpha value is -2.77. The summed E-state index contributed by atoms with van der Waals surface area (Å²) < 4.78 is 14.4. The van der Waals surface area contributed by atoms with E-state index in [4.69, 9.17) is 9.47 Å². The van der Waals surface area contributed by atoms with Gasteiger partial charge < -0.3 is 14.2 Å². The maximum absolute atomic E-state index is 12.6. The second-order valence-corrected chi connectivity index (χ2v) is 4.81. The van der Waals surface area contributed by atoms with E-state index in [-0.39, 0.29) is 6.42 Å². The van der Waals surface area contributed by atoms with Crippen LogP contribution in [0.5, 0.6) is 5.75 Å². The van der Waals surface area contributed by atoms with Gasteiger partial charge in [0.2, 0.25) is 0 Å². The van der Waals surface area contributed by atoms with Gasteiger partial charge in [-0.25, -0.2) is 9.59 Å². The molecule has 0 saturated carbocycles. The van der Waals surface area contributed by atoms with Crippen molar-refractivity contribution in [3.8, 4) is 5.75 Å². The molecule has 0 unspecified atom stereocenters. The van der Waals surface area contributed by atoms with E-state index in [0.717, 1.165) is 12.1 Å². The highest BCUT2D eigenvalue weighted by Gasteiger charge is 2.65. The molecule has 1 aliphatic rings. The van der Waals surface area contributed by atoms with E-state index in [0.29, 0.717) is 16.3 Å². The average molecular weight is 322 g/mol. The second-order valence-electron chi connectivity index (χ2n) is 4.81. The highest BCUT2D eigenvalue weighted by atomic mass is 16.6. The van der Waals surface area contributed by atoms with Gasteiger partial charge in [-0.1, -0.05) is 19.1 Å². The number of amides is 3. The van der Waals surface area contributed by atoms with Crippen LogP contribution in [0.4, 0.5) is 9.59 Å². The standard InChI is InChI=1S/C15H18N2O6/c1-5-15(10-6-8-11(21-2)9-7-10)12(18)16(13(19)22-3)17(15)14(20)23-4/h6-9H,5H2,1-4H3/t15-/m1/s1. The Kier molecular flexibility index (Phi) is 4.44. The van der Waals surface area contributed by atoms with Gasteiger partial charge in [0.1, 0.15) is 5.75 Å². The van der Waals surface area contributed by atoms with Crippen LogP contribution in [0.25, 0.3) is 0 Å². The van der Waals surface area contributed by atoms with Crippen LogP contribution in [-0.4, -0.2) is 49.4 Å². The Balaban J connectivity index is 2.51. The number of ether oxygens (including phenoxy) is 3. The van der Waals surface area contributed by atoms with E-state index < -0.39 is 23.6 Å². The molecule has 1 aromatic carbocycles. The Morgan fingerprint density at radius 1 is 1.04 bits per heavy atom. The second kappa shape index (κ2) is 6.15. The topological polar surface area (TPSA) is 85.4 Å². The maximum atomic E-state index is 12.6. The molecule has 0 N–H and O–H groups in total. The predicted molar refractivity (Wildman–Crippen MR) is 78.5 cm³/mol. The number of rotatable bonds is 3. The monoisotopic (exact) mass is 322 g/mol. The quantitative estimate of drug-likeness (QED) is 0.845. The van der Waals surface area contributed by atoms with Gasteiger partial charge in [0.15, 0.2) is 5.54 Å². The fourth-order valence-electron chi connectivity index (χ4n) is 2.68. The van der Waals surface area contributed by atoms with Crippen molar-refractivity contribution < 1.29 is 28.6 Å². The van der Waals surface area contributed by atoms with E-state index in [1.807, 2.05) is 0 Å². The van der Waals surface area contributed by atoms with Gasteiger partial charge in [-0.3, -0.25) is 4.79 Å². The van der Waals surface area contributed by atoms with E-state index in [1.54, 1.807) is 31.2 Å². The Labute approximate surface area is 133 Å². The molecule has 124 valence electrons. The fraction of sp³-hybridized carbons (Fsp3) is 0.400. The number of methoxy groups -OCH3 is 3. The van der Waals surface area contributed by atoms with Gasteiger partial charge in [0.05, 0.1) is 21.3 Å². The number of benzene rings is 1. The SMILES string of the molecule is CC[C@@]1(c2ccc(OC)cc2)C(=O)N(C(=O)OC)N1C(=O)OC. The summed E-state index contributed by atoms with van der Waals surface area (Å²) in [6, 6.07) is 6.70. The Morgan fingerprint density at radius 2 is 1.61 bits per heavy atom. The van der Waals surface area contributed by atoms with E-state index >= 15 is 0 Å². The summed E-state index contributed by atoms with van der Waals surface area (Å²) in [6.07, 6.45) is -1.51. The average Bonchev–Trinajstić information content (AvgIpc) is 2.59. The van der Waals surface area contributed by atoms with Crippen LogP contribution in [0, 0.1) is 0 Å². The third-order valence-electron chi connectivity index (χ3n) is 3.88. The molecule has 0 aliphatic carbocycles. The number of carbonyl (C=O) groups excluding carboxylic acids is 3. The van der Waals surface area contributed by atoms with Gasteiger partial charge in [0, 0.05) is 0 Å². The minimum Gasteiger partial charge on any atom is -0.497 e. The van der Waals surface area contributed by atoms with Crippen molar-refractivity contribution in [2.24, 2.45) is 0 Å². The van der Waals surface area contributed by atoms with E-state index in [1.165, 1.54) is 14.2 Å². The predicted octanol–water partition coefficient (Wildman–Crippen LogP) is 1.89. The molecule has 1 aromatic rings. The van der Waals surface area contributed by atoms with Crippen molar-refractivity contribution in [1.82, 2.24) is 10.0 Å². The first-order chi connectivity index (χ1) is 11.0. The van der Waals surface area contributed by atoms with Crippen molar-refractivity contribution in [2.45, 2.75) is 18.9 Å². The summed E-state index contributed by atoms with van der Waals surface area (Å²) in [5.41, 5.74) is -0.760. The van der Waals surface area contributed by atoms with Crippen molar-refractivity contribution in [2.75, 3.05) is 21.3 Å². The summed E-state index contributed by atoms with van der Waals surface area (Å²) >= 11 is 0. The Morgan fingerprint density at radius 3 is 2.04 bits per heavy atom. The van der Waals surface area contributed by atoms with Crippen LogP contribution in [0.3, 0.4) is 0 Å². The number of hydrogen-bond donors (Lipinski definition) is 0. The molecule has 1 atom stereocenters. The molecule has 1 saturated heterocycles. The first-order valence-corrected chi connectivity index (χ1v) is 6.93. The van der Waals surface area contributed by atoms with Crippen molar-refractivity contribution in [1.29, 1.82) is 0 Å². The Bertz CT molecular complexity index is 629. The van der Waals surface area contributed by atoms with Crippen LogP contribution >= 0.6 is 0 Å². The summed E-state index contributed by atoms with van der Waals surface area (Å²) in [5, 5.41) is 1.61. The molecule has 8 heteroatoms. The number of carbonyl (C=O) groups is 3. The van der Waals surface area contributed by atoms with Crippen LogP contribution < -0.4 is 4.74 Å². The minimum absolute atomic E-state index is 0.265. The largest absolute Gasteiger partial charge is 0.497 e. The summed E-state index contributed by atoms with van der Waals surface area (Å²) in [5.74, 6) is 0.0589. The summed E-state index contributed by atoms with van der Waals surface area (Å²) in [4.78, 5) is 36.5. The molecular formula is C15H18N2O6. The van der Waals surface area contributed by atoms with Gasteiger partial charge in [-0.2, -0.15) is 5.01 Å². The van der Waals surface area contributed by atoms with E-state index in [9.17, 15) is 14.4 Å². The normalized spacial score (nSPS) is 19.9. The molecule has 23 heavy (non-hydrogen) atoms. The molecule has 1 fully saturated rings. The number of hydrogen-bond acceptors (Lipinski definition) is 6. The molecule has 1 aliphatic heterocycles. The zero-order chi connectivity index (χ0) is 17.2. The number of imide groups is 1. The smallest absolute Gasteiger partial charge is 0.436 e. The first-order valence-electron chi connectivity index (χ1n) is 6.93. The fourth-order valence-corrected chi connectivity index (χ4v) is 2.68. The molecule has 2 rings (SSSR count). The number of nitrogens with zero attached hydrogens (tertiary/aromatic N) is 2. The molecule has 1 heterocycles. The van der Waals surface area contributed by atoms with Crippen LogP contribution in [-0.2, 0) is 19.8 Å². The molecule has 3 amide bonds. The van der Waals surface area contributed by atoms with Crippen molar-refractivity contribution >= 4 is 18.1 Å². The molecule has 0 spiro atoms. The lowest BCUT2D eigenvalue weighted by Gasteiger charge is -2.54. The molecule has 0 aromatic heterocycles. The molecule has 0 radical (unpaired) electrons. The van der Waals surface area contributed by atoms with Gasteiger partial charge in [-0.15, -0.1) is 5.01 Å². The lowest BCUT2D eigenvalue weighted by Crippen LogP contribution is -2.77. The highest BCUT2D eigenvalue weighted by Crippen LogP contribution is 2.44. The molecular weight excluding hydrogens is 304 g/mol. The van der Waals surface area contributed by atoms with Crippen molar-refractivity contribution in [3.05, 3.63) is 29.8 Å². The van der Waals surface area contributed by atoms with Crippen LogP contribution in [0.1, 0.15) is 18.9 Å². The van der Waals surface area contributed by atoms with Crippen LogP contribution in [0.2, 0.25) is 0 Å². The van der Waals surface area contributed by atoms with Crippen LogP contribution in [0.15, 0.2) is 24.3 Å². The van der Waals surface area contributed by atoms with Gasteiger partial charge in [0.25, 0.3) is 5.91 Å². The highest BCUT2D eigenvalue weighted by molar-refractivity contribution is 6.06. The first kappa shape index (κ1) is 16.6. The zero-order valence-electron chi connectivity index (χ0n) is 13.4. The lowest BCUT2D eigenvalue weighted by molar-refractivity contribution is -0.201. The minimum atomic E-state index is -1.31. The molecule has 0 bridgehead atoms.